The van der Waals surface area contributed by atoms with Crippen molar-refractivity contribution in [1.82, 2.24) is 34.4 Å². The summed E-state index contributed by atoms with van der Waals surface area (Å²) in [5.41, 5.74) is 1.07. The van der Waals surface area contributed by atoms with Crippen molar-refractivity contribution in [2.75, 3.05) is 45.6 Å². The van der Waals surface area contributed by atoms with E-state index in [4.69, 9.17) is 4.74 Å². The molecular formula is C37H48N8O6. The number of benzene rings is 2. The number of rotatable bonds is 12. The van der Waals surface area contributed by atoms with Crippen molar-refractivity contribution in [3.8, 4) is 0 Å². The molecular weight excluding hydrogens is 652 g/mol. The van der Waals surface area contributed by atoms with E-state index in [0.717, 1.165) is 11.3 Å². The van der Waals surface area contributed by atoms with Crippen LogP contribution in [0, 0.1) is 0 Å². The van der Waals surface area contributed by atoms with Crippen LogP contribution >= 0.6 is 0 Å². The average molecular weight is 701 g/mol. The van der Waals surface area contributed by atoms with Crippen LogP contribution in [0.2, 0.25) is 0 Å². The molecule has 0 unspecified atom stereocenters. The van der Waals surface area contributed by atoms with Gasteiger partial charge in [0, 0.05) is 44.7 Å². The van der Waals surface area contributed by atoms with Crippen LogP contribution < -0.4 is 16.2 Å². The molecule has 3 amide bonds. The number of aliphatic hydroxyl groups is 1. The predicted octanol–water partition coefficient (Wildman–Crippen LogP) is 3.27. The van der Waals surface area contributed by atoms with E-state index in [2.05, 4.69) is 20.7 Å². The highest BCUT2D eigenvalue weighted by Crippen LogP contribution is 2.27. The van der Waals surface area contributed by atoms with Gasteiger partial charge in [0.25, 0.3) is 11.5 Å². The summed E-state index contributed by atoms with van der Waals surface area (Å²) in [5.74, 6) is -0.319. The molecule has 14 nitrogen and oxygen atoms in total. The van der Waals surface area contributed by atoms with E-state index in [1.165, 1.54) is 10.9 Å². The summed E-state index contributed by atoms with van der Waals surface area (Å²) in [5, 5.41) is 22.0. The number of aromatic nitrogens is 4. The third kappa shape index (κ3) is 10.0. The van der Waals surface area contributed by atoms with Crippen LogP contribution in [0.3, 0.4) is 0 Å². The van der Waals surface area contributed by atoms with E-state index in [1.54, 1.807) is 54.7 Å². The van der Waals surface area contributed by atoms with Crippen molar-refractivity contribution in [3.63, 3.8) is 0 Å². The molecule has 4 aromatic rings. The van der Waals surface area contributed by atoms with Gasteiger partial charge in [0.05, 0.1) is 53.4 Å². The van der Waals surface area contributed by atoms with Gasteiger partial charge in [0.1, 0.15) is 5.60 Å². The minimum absolute atomic E-state index is 0.0294. The third-order valence-corrected chi connectivity index (χ3v) is 8.73. The van der Waals surface area contributed by atoms with E-state index in [9.17, 15) is 24.3 Å². The molecule has 3 heterocycles. The van der Waals surface area contributed by atoms with Crippen molar-refractivity contribution >= 4 is 34.5 Å². The van der Waals surface area contributed by atoms with Crippen molar-refractivity contribution in [2.24, 2.45) is 0 Å². The number of hydrogen-bond donors (Lipinski definition) is 3. The summed E-state index contributed by atoms with van der Waals surface area (Å²) in [4.78, 5) is 59.8. The van der Waals surface area contributed by atoms with Crippen molar-refractivity contribution in [2.45, 2.75) is 70.7 Å². The van der Waals surface area contributed by atoms with Crippen molar-refractivity contribution < 1.29 is 24.2 Å². The lowest BCUT2D eigenvalue weighted by molar-refractivity contribution is -0.116. The number of alkyl carbamates (subject to hydrolysis) is 1. The fourth-order valence-corrected chi connectivity index (χ4v) is 6.00. The molecule has 0 spiro atoms. The molecule has 0 bridgehead atoms. The Hall–Kier alpha value is -5.08. The monoisotopic (exact) mass is 700 g/mol. The molecule has 0 aliphatic carbocycles. The Morgan fingerprint density at radius 3 is 2.47 bits per heavy atom. The fourth-order valence-electron chi connectivity index (χ4n) is 6.00. The zero-order chi connectivity index (χ0) is 36.8. The van der Waals surface area contributed by atoms with Crippen LogP contribution in [0.15, 0.2) is 65.8 Å². The number of anilines is 1. The molecule has 1 fully saturated rings. The number of amides is 3. The van der Waals surface area contributed by atoms with E-state index in [-0.39, 0.29) is 56.4 Å². The molecule has 0 saturated carbocycles. The maximum Gasteiger partial charge on any atom is 0.407 e. The highest BCUT2D eigenvalue weighted by atomic mass is 16.6. The fraction of sp³-hybridized carbons (Fsp3) is 0.459. The largest absolute Gasteiger partial charge is 0.444 e. The predicted molar refractivity (Wildman–Crippen MR) is 194 cm³/mol. The second-order valence-corrected chi connectivity index (χ2v) is 14.3. The van der Waals surface area contributed by atoms with Crippen molar-refractivity contribution in [3.05, 3.63) is 88.2 Å². The van der Waals surface area contributed by atoms with Gasteiger partial charge >= 0.3 is 6.09 Å². The average Bonchev–Trinajstić information content (AvgIpc) is 3.46. The van der Waals surface area contributed by atoms with Gasteiger partial charge in [-0.25, -0.2) is 9.78 Å². The summed E-state index contributed by atoms with van der Waals surface area (Å²) < 4.78 is 8.48. The molecule has 51 heavy (non-hydrogen) atoms. The lowest BCUT2D eigenvalue weighted by Crippen LogP contribution is -2.49. The Balaban J connectivity index is 1.24. The molecule has 272 valence electrons. The normalized spacial score (nSPS) is 14.5. The zero-order valence-corrected chi connectivity index (χ0v) is 30.0. The SMILES string of the molecule is CN(C)CCC(=O)Nc1ccc2c(=O)n(CC3(O)CCN(C(=O)c4cnn(CCNC(=O)OC(C)(C)C)c4Cc4ccccc4)CC3)cnc2c1. The quantitative estimate of drug-likeness (QED) is 0.201. The summed E-state index contributed by atoms with van der Waals surface area (Å²) in [6, 6.07) is 14.8. The second kappa shape index (κ2) is 15.9. The van der Waals surface area contributed by atoms with Crippen LogP contribution in [-0.4, -0.2) is 104 Å². The molecule has 0 atom stereocenters. The maximum atomic E-state index is 13.9. The van der Waals surface area contributed by atoms with Gasteiger partial charge in [-0.3, -0.25) is 23.6 Å². The molecule has 2 aromatic heterocycles. The van der Waals surface area contributed by atoms with Gasteiger partial charge < -0.3 is 30.3 Å². The molecule has 1 saturated heterocycles. The van der Waals surface area contributed by atoms with Gasteiger partial charge in [-0.2, -0.15) is 5.10 Å². The molecule has 1 aliphatic rings. The highest BCUT2D eigenvalue weighted by molar-refractivity contribution is 5.95. The van der Waals surface area contributed by atoms with E-state index >= 15 is 0 Å². The zero-order valence-electron chi connectivity index (χ0n) is 30.0. The summed E-state index contributed by atoms with van der Waals surface area (Å²) in [6.07, 6.45) is 3.80. The summed E-state index contributed by atoms with van der Waals surface area (Å²) >= 11 is 0. The number of nitrogens with zero attached hydrogens (tertiary/aromatic N) is 6. The summed E-state index contributed by atoms with van der Waals surface area (Å²) in [7, 11) is 3.80. The first kappa shape index (κ1) is 37.2. The third-order valence-electron chi connectivity index (χ3n) is 8.73. The van der Waals surface area contributed by atoms with Crippen LogP contribution in [-0.2, 0) is 29.0 Å². The molecule has 14 heteroatoms. The lowest BCUT2D eigenvalue weighted by atomic mass is 9.90. The van der Waals surface area contributed by atoms with Gasteiger partial charge in [0.15, 0.2) is 0 Å². The number of nitrogens with one attached hydrogen (secondary N) is 2. The van der Waals surface area contributed by atoms with E-state index < -0.39 is 17.3 Å². The van der Waals surface area contributed by atoms with Crippen LogP contribution in [0.5, 0.6) is 0 Å². The second-order valence-electron chi connectivity index (χ2n) is 14.3. The Kier molecular flexibility index (Phi) is 11.6. The van der Waals surface area contributed by atoms with Crippen LogP contribution in [0.1, 0.15) is 61.6 Å². The van der Waals surface area contributed by atoms with E-state index in [0.29, 0.717) is 48.1 Å². The number of hydrogen-bond acceptors (Lipinski definition) is 9. The number of fused-ring (bicyclic) bond motifs is 1. The molecule has 3 N–H and O–H groups in total. The molecule has 2 aromatic carbocycles. The van der Waals surface area contributed by atoms with Crippen LogP contribution in [0.25, 0.3) is 10.9 Å². The minimum atomic E-state index is -1.22. The minimum Gasteiger partial charge on any atom is -0.444 e. The smallest absolute Gasteiger partial charge is 0.407 e. The topological polar surface area (TPSA) is 164 Å². The van der Waals surface area contributed by atoms with Crippen molar-refractivity contribution in [1.29, 1.82) is 0 Å². The molecule has 0 radical (unpaired) electrons. The number of carbonyl (C=O) groups excluding carboxylic acids is 3. The number of ether oxygens (including phenoxy) is 1. The number of likely N-dealkylation sites (tertiary alicyclic amines) is 1. The Morgan fingerprint density at radius 2 is 1.78 bits per heavy atom. The first-order valence-electron chi connectivity index (χ1n) is 17.2. The Morgan fingerprint density at radius 1 is 1.06 bits per heavy atom. The van der Waals surface area contributed by atoms with Gasteiger partial charge in [-0.05, 0) is 71.5 Å². The lowest BCUT2D eigenvalue weighted by Gasteiger charge is -2.38. The Labute approximate surface area is 297 Å². The first-order valence-corrected chi connectivity index (χ1v) is 17.2. The van der Waals surface area contributed by atoms with Crippen LogP contribution in [0.4, 0.5) is 10.5 Å². The first-order chi connectivity index (χ1) is 24.2. The molecule has 1 aliphatic heterocycles. The highest BCUT2D eigenvalue weighted by Gasteiger charge is 2.36. The van der Waals surface area contributed by atoms with E-state index in [1.807, 2.05) is 49.3 Å². The standard InChI is InChI=1S/C37H48N8O6/c1-36(2,3)51-35(49)38-16-20-45-31(21-26-9-7-6-8-10-26)29(23-40-45)34(48)43-18-14-37(50,15-19-43)24-44-25-39-30-22-27(11-12-28(30)33(44)47)41-32(46)13-17-42(4)5/h6-12,22-23,25,50H,13-21,24H2,1-5H3,(H,38,49)(H,41,46). The number of carbonyl (C=O) groups is 3. The number of piperidine rings is 1. The summed E-state index contributed by atoms with van der Waals surface area (Å²) in [6.45, 7) is 7.23. The molecule has 5 rings (SSSR count). The Bertz CT molecular complexity index is 1910. The van der Waals surface area contributed by atoms with Gasteiger partial charge in [0.2, 0.25) is 5.91 Å². The van der Waals surface area contributed by atoms with Gasteiger partial charge in [-0.1, -0.05) is 30.3 Å². The maximum absolute atomic E-state index is 13.9. The van der Waals surface area contributed by atoms with Gasteiger partial charge in [-0.15, -0.1) is 0 Å².